The minimum atomic E-state index is 0.197. The number of hydrogen-bond acceptors (Lipinski definition) is 6. The van der Waals surface area contributed by atoms with Gasteiger partial charge in [0, 0.05) is 24.4 Å². The number of fused-ring (bicyclic) bond motifs is 3. The summed E-state index contributed by atoms with van der Waals surface area (Å²) in [6, 6.07) is 4.78. The fourth-order valence-corrected chi connectivity index (χ4v) is 5.36. The third-order valence-corrected chi connectivity index (χ3v) is 6.79. The molecule has 156 valence electrons. The third kappa shape index (κ3) is 3.41. The summed E-state index contributed by atoms with van der Waals surface area (Å²) >= 11 is 0. The van der Waals surface area contributed by atoms with Crippen molar-refractivity contribution in [2.75, 3.05) is 19.8 Å². The van der Waals surface area contributed by atoms with Gasteiger partial charge in [0.1, 0.15) is 13.2 Å². The van der Waals surface area contributed by atoms with Crippen LogP contribution >= 0.6 is 0 Å². The van der Waals surface area contributed by atoms with Crippen molar-refractivity contribution in [3.8, 4) is 11.5 Å². The van der Waals surface area contributed by atoms with Crippen LogP contribution in [0.2, 0.25) is 0 Å². The van der Waals surface area contributed by atoms with Crippen molar-refractivity contribution in [1.29, 1.82) is 0 Å². The molecular weight excluding hydrogens is 366 g/mol. The molecule has 3 heterocycles. The van der Waals surface area contributed by atoms with Crippen LogP contribution in [0.15, 0.2) is 16.7 Å². The molecule has 6 heteroatoms. The lowest BCUT2D eigenvalue weighted by Crippen LogP contribution is -2.46. The van der Waals surface area contributed by atoms with Gasteiger partial charge in [0.2, 0.25) is 5.89 Å². The van der Waals surface area contributed by atoms with Gasteiger partial charge in [0.25, 0.3) is 0 Å². The Labute approximate surface area is 172 Å². The molecule has 2 aromatic rings. The molecule has 2 aliphatic heterocycles. The fraction of sp³-hybridized carbons (Fsp3) is 0.652. The van der Waals surface area contributed by atoms with Gasteiger partial charge >= 0.3 is 0 Å². The van der Waals surface area contributed by atoms with Crippen molar-refractivity contribution in [1.82, 2.24) is 15.0 Å². The summed E-state index contributed by atoms with van der Waals surface area (Å²) in [6.07, 6.45) is 5.87. The van der Waals surface area contributed by atoms with Crippen LogP contribution in [0.5, 0.6) is 11.5 Å². The second-order valence-electron chi connectivity index (χ2n) is 9.35. The Morgan fingerprint density at radius 3 is 2.59 bits per heavy atom. The highest BCUT2D eigenvalue weighted by atomic mass is 16.6. The van der Waals surface area contributed by atoms with Crippen LogP contribution in [0.25, 0.3) is 0 Å². The zero-order valence-electron chi connectivity index (χ0n) is 17.7. The smallest absolute Gasteiger partial charge is 0.226 e. The third-order valence-electron chi connectivity index (χ3n) is 6.79. The summed E-state index contributed by atoms with van der Waals surface area (Å²) in [4.78, 5) is 7.18. The van der Waals surface area contributed by atoms with E-state index in [1.165, 1.54) is 36.8 Å². The van der Waals surface area contributed by atoms with Crippen LogP contribution in [0.3, 0.4) is 0 Å². The second-order valence-corrected chi connectivity index (χ2v) is 9.35. The maximum atomic E-state index is 5.91. The van der Waals surface area contributed by atoms with Gasteiger partial charge in [-0.1, -0.05) is 31.8 Å². The highest BCUT2D eigenvalue weighted by Crippen LogP contribution is 2.52. The van der Waals surface area contributed by atoms with E-state index < -0.39 is 0 Å². The molecule has 1 aromatic carbocycles. The first kappa shape index (κ1) is 18.9. The highest BCUT2D eigenvalue weighted by molar-refractivity contribution is 5.53. The lowest BCUT2D eigenvalue weighted by molar-refractivity contribution is 0.121. The lowest BCUT2D eigenvalue weighted by Gasteiger charge is -2.46. The molecule has 6 nitrogen and oxygen atoms in total. The predicted molar refractivity (Wildman–Crippen MR) is 109 cm³/mol. The van der Waals surface area contributed by atoms with Gasteiger partial charge in [-0.3, -0.25) is 4.90 Å². The Hall–Kier alpha value is -2.08. The molecule has 1 fully saturated rings. The second kappa shape index (κ2) is 7.31. The molecular formula is C23H31N3O3. The molecule has 0 amide bonds. The number of ether oxygens (including phenoxy) is 2. The summed E-state index contributed by atoms with van der Waals surface area (Å²) in [7, 11) is 0. The fourth-order valence-electron chi connectivity index (χ4n) is 5.36. The largest absolute Gasteiger partial charge is 0.486 e. The summed E-state index contributed by atoms with van der Waals surface area (Å²) in [5, 5.41) is 4.27. The zero-order valence-corrected chi connectivity index (χ0v) is 17.7. The maximum Gasteiger partial charge on any atom is 0.226 e. The zero-order chi connectivity index (χ0) is 20.0. The standard InChI is InChI=1S/C23H31N3O3/c1-15(2)10-22-24-21(25-29-22)13-26-14-23(6-4-5-7-23)18-12-20-19(27-8-9-28-20)11-17(18)16(26)3/h11-12,15-16H,4-10,13-14H2,1-3H3. The van der Waals surface area contributed by atoms with Gasteiger partial charge in [0.05, 0.1) is 6.54 Å². The maximum absolute atomic E-state index is 5.91. The molecule has 1 spiro atoms. The average Bonchev–Trinajstić information content (AvgIpc) is 3.35. The molecule has 0 bridgehead atoms. The molecule has 0 N–H and O–H groups in total. The van der Waals surface area contributed by atoms with Gasteiger partial charge in [-0.25, -0.2) is 0 Å². The molecule has 1 saturated carbocycles. The van der Waals surface area contributed by atoms with E-state index in [9.17, 15) is 0 Å². The van der Waals surface area contributed by atoms with Crippen LogP contribution in [0, 0.1) is 5.92 Å². The van der Waals surface area contributed by atoms with Crippen LogP contribution < -0.4 is 9.47 Å². The van der Waals surface area contributed by atoms with Crippen molar-refractivity contribution >= 4 is 0 Å². The number of rotatable bonds is 4. The minimum Gasteiger partial charge on any atom is -0.486 e. The van der Waals surface area contributed by atoms with Crippen LogP contribution in [0.4, 0.5) is 0 Å². The van der Waals surface area contributed by atoms with Gasteiger partial charge in [-0.2, -0.15) is 4.98 Å². The molecule has 0 radical (unpaired) electrons. The van der Waals surface area contributed by atoms with Gasteiger partial charge < -0.3 is 14.0 Å². The van der Waals surface area contributed by atoms with Crippen molar-refractivity contribution in [3.05, 3.63) is 35.0 Å². The van der Waals surface area contributed by atoms with E-state index in [1.807, 2.05) is 0 Å². The SMILES string of the molecule is CC(C)Cc1nc(CN2CC3(CCCC3)c3cc4c(cc3C2C)OCCO4)no1. The van der Waals surface area contributed by atoms with Crippen LogP contribution in [0.1, 0.15) is 75.3 Å². The first-order valence-electron chi connectivity index (χ1n) is 11.0. The van der Waals surface area contributed by atoms with E-state index in [0.717, 1.165) is 42.7 Å². The first-order chi connectivity index (χ1) is 14.0. The molecule has 29 heavy (non-hydrogen) atoms. The molecule has 0 saturated heterocycles. The van der Waals surface area contributed by atoms with Gasteiger partial charge in [-0.05, 0) is 48.9 Å². The van der Waals surface area contributed by atoms with Gasteiger partial charge in [0.15, 0.2) is 17.3 Å². The summed E-state index contributed by atoms with van der Waals surface area (Å²) < 4.78 is 17.3. The summed E-state index contributed by atoms with van der Waals surface area (Å²) in [5.41, 5.74) is 3.03. The van der Waals surface area contributed by atoms with E-state index in [1.54, 1.807) is 0 Å². The first-order valence-corrected chi connectivity index (χ1v) is 11.0. The number of nitrogens with zero attached hydrogens (tertiary/aromatic N) is 3. The Morgan fingerprint density at radius 1 is 1.14 bits per heavy atom. The van der Waals surface area contributed by atoms with E-state index in [0.29, 0.717) is 19.1 Å². The molecule has 5 rings (SSSR count). The quantitative estimate of drug-likeness (QED) is 0.761. The van der Waals surface area contributed by atoms with Gasteiger partial charge in [-0.15, -0.1) is 0 Å². The Balaban J connectivity index is 1.47. The molecule has 1 aliphatic carbocycles. The van der Waals surface area contributed by atoms with Crippen LogP contribution in [-0.2, 0) is 18.4 Å². The highest BCUT2D eigenvalue weighted by Gasteiger charge is 2.45. The monoisotopic (exact) mass is 397 g/mol. The molecule has 1 unspecified atom stereocenters. The van der Waals surface area contributed by atoms with Crippen molar-refractivity contribution in [2.45, 2.75) is 70.9 Å². The van der Waals surface area contributed by atoms with Crippen molar-refractivity contribution < 1.29 is 14.0 Å². The predicted octanol–water partition coefficient (Wildman–Crippen LogP) is 4.43. The molecule has 1 atom stereocenters. The van der Waals surface area contributed by atoms with E-state index in [2.05, 4.69) is 47.9 Å². The van der Waals surface area contributed by atoms with Crippen molar-refractivity contribution in [3.63, 3.8) is 0 Å². The van der Waals surface area contributed by atoms with Crippen LogP contribution in [-0.4, -0.2) is 34.8 Å². The molecule has 3 aliphatic rings. The Kier molecular flexibility index (Phi) is 4.77. The van der Waals surface area contributed by atoms with Crippen molar-refractivity contribution in [2.24, 2.45) is 5.92 Å². The number of hydrogen-bond donors (Lipinski definition) is 0. The average molecular weight is 398 g/mol. The number of benzene rings is 1. The van der Waals surface area contributed by atoms with E-state index in [-0.39, 0.29) is 11.5 Å². The molecule has 1 aromatic heterocycles. The van der Waals surface area contributed by atoms with E-state index >= 15 is 0 Å². The Morgan fingerprint density at radius 2 is 1.86 bits per heavy atom. The number of aromatic nitrogens is 2. The minimum absolute atomic E-state index is 0.197. The lowest BCUT2D eigenvalue weighted by atomic mass is 9.71. The van der Waals surface area contributed by atoms with E-state index in [4.69, 9.17) is 14.0 Å². The Bertz CT molecular complexity index is 885. The summed E-state index contributed by atoms with van der Waals surface area (Å²) in [5.74, 6) is 3.85. The summed E-state index contributed by atoms with van der Waals surface area (Å²) in [6.45, 7) is 9.64. The normalized spacial score (nSPS) is 23.0. The topological polar surface area (TPSA) is 60.6 Å².